The van der Waals surface area contributed by atoms with Gasteiger partial charge in [0, 0.05) is 136 Å². The second kappa shape index (κ2) is 28.8. The third-order valence-corrected chi connectivity index (χ3v) is 18.3. The van der Waals surface area contributed by atoms with E-state index in [1.54, 1.807) is 27.7 Å². The highest BCUT2D eigenvalue weighted by Gasteiger charge is 2.20. The van der Waals surface area contributed by atoms with E-state index < -0.39 is 0 Å². The van der Waals surface area contributed by atoms with Crippen LogP contribution in [0.15, 0.2) is 226 Å². The van der Waals surface area contributed by atoms with Crippen LogP contribution in [0.25, 0.3) is 90.9 Å². The van der Waals surface area contributed by atoms with Gasteiger partial charge in [0.2, 0.25) is 0 Å². The van der Waals surface area contributed by atoms with Crippen molar-refractivity contribution < 1.29 is 19.2 Å². The summed E-state index contributed by atoms with van der Waals surface area (Å²) in [5, 5.41) is 0.108. The Hall–Kier alpha value is -11.5. The molecule has 2 aliphatic heterocycles. The number of benzene rings is 7. The molecule has 96 heavy (non-hydrogen) atoms. The fourth-order valence-electron chi connectivity index (χ4n) is 10.8. The lowest BCUT2D eigenvalue weighted by molar-refractivity contribution is -0.109. The summed E-state index contributed by atoms with van der Waals surface area (Å²) >= 11 is 4.77. The molecule has 0 radical (unpaired) electrons. The van der Waals surface area contributed by atoms with Gasteiger partial charge in [-0.15, -0.1) is 0 Å². The number of fused-ring (bicyclic) bond motifs is 8. The molecule has 3 aromatic heterocycles. The zero-order valence-corrected chi connectivity index (χ0v) is 55.4. The number of hydrogen-bond donors (Lipinski definition) is 2. The number of nitrogens with one attached hydrogen (secondary N) is 2. The van der Waals surface area contributed by atoms with Crippen LogP contribution in [-0.2, 0) is 19.2 Å². The van der Waals surface area contributed by atoms with E-state index in [1.807, 2.05) is 152 Å². The van der Waals surface area contributed by atoms with Gasteiger partial charge in [-0.1, -0.05) is 143 Å². The van der Waals surface area contributed by atoms with Crippen molar-refractivity contribution in [2.75, 3.05) is 0 Å². The van der Waals surface area contributed by atoms with Crippen LogP contribution >= 0.6 is 47.0 Å². The highest BCUT2D eigenvalue weighted by molar-refractivity contribution is 8.14. The van der Waals surface area contributed by atoms with Gasteiger partial charge in [-0.25, -0.2) is 9.97 Å². The summed E-state index contributed by atoms with van der Waals surface area (Å²) in [4.78, 5) is 69.2. The van der Waals surface area contributed by atoms with Crippen molar-refractivity contribution >= 4 is 114 Å². The molecule has 456 valence electrons. The molecule has 0 aliphatic carbocycles. The van der Waals surface area contributed by atoms with Crippen molar-refractivity contribution in [3.63, 3.8) is 0 Å². The van der Waals surface area contributed by atoms with Crippen LogP contribution in [0.5, 0.6) is 0 Å². The first kappa shape index (κ1) is 63.3. The van der Waals surface area contributed by atoms with Gasteiger partial charge >= 0.3 is 0 Å². The maximum Gasteiger partial charge on any atom is 0.190 e. The minimum Gasteiger partial charge on any atom is -0.354 e. The van der Waals surface area contributed by atoms with E-state index in [0.29, 0.717) is 11.3 Å². The third kappa shape index (κ3) is 15.4. The fraction of sp³-hybridized carbons (Fsp3) is 0.0476. The first-order valence-electron chi connectivity index (χ1n) is 30.4. The molecule has 0 fully saturated rings. The number of nitrogens with zero attached hydrogens (tertiary/aromatic N) is 2. The molecule has 0 unspecified atom stereocenters. The largest absolute Gasteiger partial charge is 0.354 e. The Labute approximate surface area is 573 Å². The van der Waals surface area contributed by atoms with Crippen molar-refractivity contribution in [3.8, 4) is 91.9 Å². The number of hydrogen-bond acceptors (Lipinski definition) is 10. The predicted molar refractivity (Wildman–Crippen MR) is 394 cm³/mol. The molecular formula is C84H52N4O4S4. The molecule has 8 bridgehead atoms. The molecule has 2 aliphatic rings. The Balaban J connectivity index is 0.980. The summed E-state index contributed by atoms with van der Waals surface area (Å²) in [5.41, 5.74) is 19.4. The van der Waals surface area contributed by atoms with Crippen LogP contribution in [0, 0.1) is 59.5 Å². The maximum atomic E-state index is 11.7. The predicted octanol–water partition coefficient (Wildman–Crippen LogP) is 19.1. The summed E-state index contributed by atoms with van der Waals surface area (Å²) in [6, 6.07) is 74.3. The minimum absolute atomic E-state index is 0.0218. The summed E-state index contributed by atoms with van der Waals surface area (Å²) in [6.07, 6.45) is 8.23. The molecule has 12 heteroatoms. The molecule has 0 amide bonds. The molecule has 11 aromatic rings. The normalized spacial score (nSPS) is 11.0. The smallest absolute Gasteiger partial charge is 0.190 e. The molecule has 8 nitrogen and oxygen atoms in total. The minimum atomic E-state index is 0.0218. The van der Waals surface area contributed by atoms with Crippen molar-refractivity contribution in [1.29, 1.82) is 0 Å². The van der Waals surface area contributed by atoms with Gasteiger partial charge < -0.3 is 9.97 Å². The Kier molecular flexibility index (Phi) is 19.0. The molecule has 5 heterocycles. The van der Waals surface area contributed by atoms with E-state index in [0.717, 1.165) is 142 Å². The number of thioether (sulfide) groups is 4. The van der Waals surface area contributed by atoms with Crippen LogP contribution in [0.2, 0.25) is 0 Å². The van der Waals surface area contributed by atoms with Gasteiger partial charge in [0.25, 0.3) is 0 Å². The quantitative estimate of drug-likeness (QED) is 0.112. The SMILES string of the molecule is CC(=O)Sc1ccc(C#Cc2c#cc(-c3c4nc(c(-c5ccc(C#Cc6ccc(SC(C)=O)cc6)cc5)c5ccc([nH]5)c(-c5ccc(C#Cc6ccc(SC(C)=O)cc6)cc5)c5nc(c(-c6ccc(C#Cc7ccc(SC(C)=O)cc7)cc6)c6ccc3[nH]6)C=C5)C=C4)cc2)cc1. The Morgan fingerprint density at radius 1 is 0.292 bits per heavy atom. The van der Waals surface area contributed by atoms with E-state index in [1.165, 1.54) is 47.0 Å². The topological polar surface area (TPSA) is 126 Å². The average molecular weight is 1310 g/mol. The zero-order chi connectivity index (χ0) is 66.1. The summed E-state index contributed by atoms with van der Waals surface area (Å²) in [6.45, 7) is 6.22. The number of aromatic amines is 2. The lowest BCUT2D eigenvalue weighted by Crippen LogP contribution is -1.90. The molecule has 0 spiro atoms. The monoisotopic (exact) mass is 1310 g/mol. The molecule has 0 saturated heterocycles. The van der Waals surface area contributed by atoms with Crippen molar-refractivity contribution in [3.05, 3.63) is 286 Å². The summed E-state index contributed by atoms with van der Waals surface area (Å²) < 4.78 is 0. The van der Waals surface area contributed by atoms with Gasteiger partial charge in [-0.3, -0.25) is 19.2 Å². The van der Waals surface area contributed by atoms with Gasteiger partial charge in [-0.2, -0.15) is 0 Å². The van der Waals surface area contributed by atoms with E-state index in [-0.39, 0.29) is 20.5 Å². The number of carbonyl (C=O) groups is 4. The molecule has 0 saturated carbocycles. The zero-order valence-electron chi connectivity index (χ0n) is 52.1. The maximum absolute atomic E-state index is 11.7. The highest BCUT2D eigenvalue weighted by atomic mass is 32.2. The number of aromatic nitrogens is 4. The van der Waals surface area contributed by atoms with Gasteiger partial charge in [0.1, 0.15) is 0 Å². The van der Waals surface area contributed by atoms with E-state index >= 15 is 0 Å². The van der Waals surface area contributed by atoms with Crippen LogP contribution in [0.1, 0.15) is 95.0 Å². The molecule has 2 N–H and O–H groups in total. The molecule has 13 rings (SSSR count). The Morgan fingerprint density at radius 2 is 0.542 bits per heavy atom. The fourth-order valence-corrected chi connectivity index (χ4v) is 13.2. The number of carbonyl (C=O) groups excluding carboxylic acids is 4. The van der Waals surface area contributed by atoms with Crippen LogP contribution in [0.3, 0.4) is 0 Å². The van der Waals surface area contributed by atoms with Crippen molar-refractivity contribution in [2.24, 2.45) is 0 Å². The third-order valence-electron chi connectivity index (χ3n) is 15.2. The summed E-state index contributed by atoms with van der Waals surface area (Å²) in [5.74, 6) is 26.4. The van der Waals surface area contributed by atoms with E-state index in [2.05, 4.69) is 148 Å². The lowest BCUT2D eigenvalue weighted by Gasteiger charge is -2.07. The molecule has 0 atom stereocenters. The highest BCUT2D eigenvalue weighted by Crippen LogP contribution is 2.39. The summed E-state index contributed by atoms with van der Waals surface area (Å²) in [7, 11) is 0. The first-order valence-corrected chi connectivity index (χ1v) is 33.7. The average Bonchev–Trinajstić information content (AvgIpc) is 1.61. The van der Waals surface area contributed by atoms with E-state index in [4.69, 9.17) is 9.97 Å². The second-order valence-corrected chi connectivity index (χ2v) is 27.1. The number of H-pyrrole nitrogens is 2. The molecule has 8 aromatic carbocycles. The van der Waals surface area contributed by atoms with Crippen molar-refractivity contribution in [2.45, 2.75) is 47.3 Å². The van der Waals surface area contributed by atoms with Crippen LogP contribution in [-0.4, -0.2) is 40.4 Å². The lowest BCUT2D eigenvalue weighted by atomic mass is 10.0. The second-order valence-electron chi connectivity index (χ2n) is 22.1. The van der Waals surface area contributed by atoms with Gasteiger partial charge in [0.05, 0.1) is 28.3 Å². The Bertz CT molecular complexity index is 4750. The Morgan fingerprint density at radius 3 is 0.802 bits per heavy atom. The van der Waals surface area contributed by atoms with Crippen LogP contribution in [0.4, 0.5) is 0 Å². The van der Waals surface area contributed by atoms with Crippen LogP contribution < -0.4 is 0 Å². The molecular weight excluding hydrogens is 1260 g/mol. The number of rotatable bonds is 8. The van der Waals surface area contributed by atoms with E-state index in [9.17, 15) is 19.2 Å². The standard InChI is InChI=1S/C84H52N4O4S4/c1-53(89)93-69-37-21-61(22-38-69)9-5-57-13-29-65(30-14-57)81-73-45-47-75(85-73)82(66-31-15-58(16-32-66)6-10-62-23-39-70(40-24-62)94-54(2)90)77-49-51-79(87-77)84(68-35-19-60(20-36-68)8-12-64-27-43-72(44-28-64)96-56(4)92)80-52-50-78(88-80)83(76-48-46-74(81)86-76)67-33-17-59(18-34-67)7-11-63-25-41-71(42-26-63)95-55(3)91/h13-19,21-35,37-52,85,88H,1-4H3. The van der Waals surface area contributed by atoms with Gasteiger partial charge in [-0.05, 0) is 211 Å². The first-order chi connectivity index (χ1) is 46.7. The van der Waals surface area contributed by atoms with Gasteiger partial charge in [0.15, 0.2) is 20.5 Å². The van der Waals surface area contributed by atoms with Crippen molar-refractivity contribution in [1.82, 2.24) is 19.9 Å².